The van der Waals surface area contributed by atoms with E-state index in [0.717, 1.165) is 52.3 Å². The number of hydrogen-bond acceptors (Lipinski definition) is 3. The smallest absolute Gasteiger partial charge is 0.160 e. The average molecular weight is 324 g/mol. The minimum atomic E-state index is 0.0732. The van der Waals surface area contributed by atoms with Crippen molar-refractivity contribution in [3.63, 3.8) is 0 Å². The SMILES string of the molecule is C=C(C)c1cc2cc(C(C)=O)c(C)c(C(=C)N3CCOCC3)n2c1. The first-order chi connectivity index (χ1) is 11.4. The summed E-state index contributed by atoms with van der Waals surface area (Å²) in [7, 11) is 0. The Hall–Kier alpha value is -2.33. The molecule has 0 saturated carbocycles. The quantitative estimate of drug-likeness (QED) is 0.803. The molecule has 0 unspecified atom stereocenters. The van der Waals surface area contributed by atoms with Crippen LogP contribution in [0.2, 0.25) is 0 Å². The summed E-state index contributed by atoms with van der Waals surface area (Å²) in [6, 6.07) is 4.03. The molecular weight excluding hydrogens is 300 g/mol. The van der Waals surface area contributed by atoms with E-state index >= 15 is 0 Å². The van der Waals surface area contributed by atoms with Crippen molar-refractivity contribution >= 4 is 22.6 Å². The van der Waals surface area contributed by atoms with Crippen molar-refractivity contribution in [3.8, 4) is 0 Å². The molecule has 126 valence electrons. The van der Waals surface area contributed by atoms with Gasteiger partial charge in [-0.2, -0.15) is 0 Å². The zero-order chi connectivity index (χ0) is 17.4. The van der Waals surface area contributed by atoms with Crippen molar-refractivity contribution in [2.24, 2.45) is 0 Å². The summed E-state index contributed by atoms with van der Waals surface area (Å²) in [5.41, 5.74) is 6.72. The molecule has 4 heteroatoms. The number of morpholine rings is 1. The largest absolute Gasteiger partial charge is 0.378 e. The Labute approximate surface area is 143 Å². The summed E-state index contributed by atoms with van der Waals surface area (Å²) in [5.74, 6) is 0.0732. The molecule has 3 heterocycles. The number of ketones is 1. The highest BCUT2D eigenvalue weighted by molar-refractivity contribution is 5.98. The molecule has 24 heavy (non-hydrogen) atoms. The van der Waals surface area contributed by atoms with E-state index in [9.17, 15) is 4.79 Å². The van der Waals surface area contributed by atoms with Crippen LogP contribution in [-0.2, 0) is 4.74 Å². The molecule has 2 aromatic heterocycles. The molecule has 0 spiro atoms. The lowest BCUT2D eigenvalue weighted by atomic mass is 10.0. The van der Waals surface area contributed by atoms with Gasteiger partial charge < -0.3 is 14.0 Å². The van der Waals surface area contributed by atoms with Gasteiger partial charge in [-0.15, -0.1) is 0 Å². The van der Waals surface area contributed by atoms with Gasteiger partial charge in [-0.3, -0.25) is 4.79 Å². The van der Waals surface area contributed by atoms with Gasteiger partial charge in [-0.05, 0) is 49.6 Å². The minimum Gasteiger partial charge on any atom is -0.378 e. The summed E-state index contributed by atoms with van der Waals surface area (Å²) < 4.78 is 7.57. The lowest BCUT2D eigenvalue weighted by Crippen LogP contribution is -2.35. The number of fused-ring (bicyclic) bond motifs is 1. The van der Waals surface area contributed by atoms with Crippen molar-refractivity contribution < 1.29 is 9.53 Å². The van der Waals surface area contributed by atoms with E-state index in [4.69, 9.17) is 4.74 Å². The molecule has 3 rings (SSSR count). The predicted molar refractivity (Wildman–Crippen MR) is 98.3 cm³/mol. The highest BCUT2D eigenvalue weighted by Crippen LogP contribution is 2.29. The molecule has 0 aliphatic carbocycles. The maximum atomic E-state index is 12.1. The predicted octanol–water partition coefficient (Wildman–Crippen LogP) is 3.79. The number of allylic oxidation sites excluding steroid dienone is 1. The normalized spacial score (nSPS) is 14.9. The lowest BCUT2D eigenvalue weighted by Gasteiger charge is -2.31. The monoisotopic (exact) mass is 324 g/mol. The molecule has 0 aromatic carbocycles. The first-order valence-corrected chi connectivity index (χ1v) is 8.24. The average Bonchev–Trinajstić information content (AvgIpc) is 2.98. The second-order valence-corrected chi connectivity index (χ2v) is 6.44. The van der Waals surface area contributed by atoms with Crippen LogP contribution in [0.5, 0.6) is 0 Å². The van der Waals surface area contributed by atoms with Crippen molar-refractivity contribution in [1.29, 1.82) is 0 Å². The van der Waals surface area contributed by atoms with Crippen LogP contribution in [0.1, 0.15) is 41.0 Å². The summed E-state index contributed by atoms with van der Waals surface area (Å²) >= 11 is 0. The number of carbonyl (C=O) groups is 1. The van der Waals surface area contributed by atoms with E-state index in [1.165, 1.54) is 0 Å². The van der Waals surface area contributed by atoms with Gasteiger partial charge in [0.15, 0.2) is 5.78 Å². The Bertz CT molecular complexity index is 839. The van der Waals surface area contributed by atoms with Gasteiger partial charge in [0, 0.05) is 30.4 Å². The van der Waals surface area contributed by atoms with Crippen molar-refractivity contribution in [2.45, 2.75) is 20.8 Å². The Morgan fingerprint density at radius 2 is 1.83 bits per heavy atom. The topological polar surface area (TPSA) is 34.0 Å². The number of rotatable bonds is 4. The number of hydrogen-bond donors (Lipinski definition) is 0. The number of Topliss-reactive ketones (excluding diaryl/α,β-unsaturated/α-hetero) is 1. The van der Waals surface area contributed by atoms with Gasteiger partial charge in [0.1, 0.15) is 0 Å². The van der Waals surface area contributed by atoms with Gasteiger partial charge in [0.25, 0.3) is 0 Å². The van der Waals surface area contributed by atoms with Crippen LogP contribution in [0.4, 0.5) is 0 Å². The minimum absolute atomic E-state index is 0.0732. The van der Waals surface area contributed by atoms with E-state index in [0.29, 0.717) is 13.2 Å². The first-order valence-electron chi connectivity index (χ1n) is 8.24. The van der Waals surface area contributed by atoms with Crippen LogP contribution >= 0.6 is 0 Å². The van der Waals surface area contributed by atoms with Crippen LogP contribution in [0.3, 0.4) is 0 Å². The van der Waals surface area contributed by atoms with Gasteiger partial charge in [-0.1, -0.05) is 13.2 Å². The fourth-order valence-corrected chi connectivity index (χ4v) is 3.29. The number of carbonyl (C=O) groups excluding carboxylic acids is 1. The third-order valence-electron chi connectivity index (χ3n) is 4.68. The molecule has 1 aliphatic rings. The maximum absolute atomic E-state index is 12.1. The van der Waals surface area contributed by atoms with Crippen LogP contribution in [0, 0.1) is 6.92 Å². The van der Waals surface area contributed by atoms with Gasteiger partial charge in [0.2, 0.25) is 0 Å². The molecule has 0 N–H and O–H groups in total. The highest BCUT2D eigenvalue weighted by Gasteiger charge is 2.21. The van der Waals surface area contributed by atoms with Gasteiger partial charge in [-0.25, -0.2) is 0 Å². The van der Waals surface area contributed by atoms with Crippen LogP contribution < -0.4 is 0 Å². The molecule has 1 aliphatic heterocycles. The molecule has 0 bridgehead atoms. The zero-order valence-electron chi connectivity index (χ0n) is 14.7. The Balaban J connectivity index is 2.22. The first kappa shape index (κ1) is 16.5. The van der Waals surface area contributed by atoms with E-state index in [-0.39, 0.29) is 5.78 Å². The summed E-state index contributed by atoms with van der Waals surface area (Å²) in [6.45, 7) is 17.0. The number of aromatic nitrogens is 1. The number of pyridine rings is 1. The van der Waals surface area contributed by atoms with Gasteiger partial charge in [0.05, 0.1) is 24.6 Å². The fourth-order valence-electron chi connectivity index (χ4n) is 3.29. The fraction of sp³-hybridized carbons (Fsp3) is 0.350. The van der Waals surface area contributed by atoms with Crippen LogP contribution in [0.25, 0.3) is 16.8 Å². The molecule has 4 nitrogen and oxygen atoms in total. The number of nitrogens with zero attached hydrogens (tertiary/aromatic N) is 2. The summed E-state index contributed by atoms with van der Waals surface area (Å²) in [5, 5.41) is 0. The highest BCUT2D eigenvalue weighted by atomic mass is 16.5. The van der Waals surface area contributed by atoms with E-state index in [2.05, 4.69) is 34.7 Å². The van der Waals surface area contributed by atoms with E-state index in [1.807, 2.05) is 19.9 Å². The molecule has 2 aromatic rings. The molecule has 1 saturated heterocycles. The Kier molecular flexibility index (Phi) is 4.33. The van der Waals surface area contributed by atoms with Crippen molar-refractivity contribution in [3.05, 3.63) is 53.9 Å². The van der Waals surface area contributed by atoms with Crippen molar-refractivity contribution in [2.75, 3.05) is 26.3 Å². The second kappa shape index (κ2) is 6.29. The molecule has 1 fully saturated rings. The van der Waals surface area contributed by atoms with Crippen molar-refractivity contribution in [1.82, 2.24) is 9.30 Å². The van der Waals surface area contributed by atoms with Gasteiger partial charge >= 0.3 is 0 Å². The molecular formula is C20H24N2O2. The number of ether oxygens (including phenoxy) is 1. The Morgan fingerprint density at radius 1 is 1.17 bits per heavy atom. The second-order valence-electron chi connectivity index (χ2n) is 6.44. The molecule has 0 atom stereocenters. The molecule has 0 radical (unpaired) electrons. The van der Waals surface area contributed by atoms with E-state index < -0.39 is 0 Å². The molecule has 0 amide bonds. The lowest BCUT2D eigenvalue weighted by molar-refractivity contribution is 0.0639. The third-order valence-corrected chi connectivity index (χ3v) is 4.68. The Morgan fingerprint density at radius 3 is 2.42 bits per heavy atom. The third kappa shape index (κ3) is 2.78. The van der Waals surface area contributed by atoms with Crippen LogP contribution in [0.15, 0.2) is 31.5 Å². The summed E-state index contributed by atoms with van der Waals surface area (Å²) in [4.78, 5) is 14.3. The summed E-state index contributed by atoms with van der Waals surface area (Å²) in [6.07, 6.45) is 2.08. The maximum Gasteiger partial charge on any atom is 0.160 e. The van der Waals surface area contributed by atoms with Crippen LogP contribution in [-0.4, -0.2) is 41.4 Å². The zero-order valence-corrected chi connectivity index (χ0v) is 14.7. The standard InChI is InChI=1S/C20H24N2O2/c1-13(2)17-10-18-11-19(16(5)23)14(3)20(22(18)12-17)15(4)21-6-8-24-9-7-21/h10-12H,1,4,6-9H2,2-3,5H3. The van der Waals surface area contributed by atoms with E-state index in [1.54, 1.807) is 6.92 Å².